The van der Waals surface area contributed by atoms with Gasteiger partial charge in [0, 0.05) is 0 Å². The first kappa shape index (κ1) is 12.5. The predicted octanol–water partition coefficient (Wildman–Crippen LogP) is 2.44. The fourth-order valence-electron chi connectivity index (χ4n) is 1.40. The van der Waals surface area contributed by atoms with Gasteiger partial charge in [0.05, 0.1) is 12.5 Å². The summed E-state index contributed by atoms with van der Waals surface area (Å²) in [6.07, 6.45) is 0. The highest BCUT2D eigenvalue weighted by Gasteiger charge is 2.30. The molecule has 1 aromatic carbocycles. The molecule has 0 bridgehead atoms. The van der Waals surface area contributed by atoms with Gasteiger partial charge in [-0.15, -0.1) is 0 Å². The normalized spacial score (nSPS) is 11.0. The standard InChI is InChI=1S/C12H15FO3/c1-12(2,11(14)15-3)9-4-6-10(7-5-9)16-8-13/h4-7H,8H2,1-3H3. The Hall–Kier alpha value is -1.58. The van der Waals surface area contributed by atoms with E-state index in [1.807, 2.05) is 0 Å². The van der Waals surface area contributed by atoms with Crippen LogP contribution in [-0.4, -0.2) is 19.9 Å². The van der Waals surface area contributed by atoms with E-state index in [4.69, 9.17) is 4.74 Å². The van der Waals surface area contributed by atoms with Crippen molar-refractivity contribution in [1.29, 1.82) is 0 Å². The molecule has 0 saturated carbocycles. The molecule has 0 radical (unpaired) electrons. The molecule has 0 heterocycles. The molecule has 0 fully saturated rings. The maximum Gasteiger partial charge on any atom is 0.315 e. The van der Waals surface area contributed by atoms with Crippen LogP contribution in [0.15, 0.2) is 24.3 Å². The van der Waals surface area contributed by atoms with Gasteiger partial charge in [0.25, 0.3) is 0 Å². The maximum absolute atomic E-state index is 11.9. The summed E-state index contributed by atoms with van der Waals surface area (Å²) in [7, 11) is 1.35. The molecular formula is C12H15FO3. The van der Waals surface area contributed by atoms with Crippen molar-refractivity contribution in [3.8, 4) is 5.75 Å². The largest absolute Gasteiger partial charge is 0.468 e. The lowest BCUT2D eigenvalue weighted by molar-refractivity contribution is -0.146. The fraction of sp³-hybridized carbons (Fsp3) is 0.417. The van der Waals surface area contributed by atoms with Gasteiger partial charge in [0.2, 0.25) is 6.86 Å². The third kappa shape index (κ3) is 2.51. The summed E-state index contributed by atoms with van der Waals surface area (Å²) < 4.78 is 21.3. The van der Waals surface area contributed by atoms with E-state index in [0.29, 0.717) is 5.75 Å². The zero-order valence-electron chi connectivity index (χ0n) is 9.62. The van der Waals surface area contributed by atoms with Crippen LogP contribution in [0.4, 0.5) is 4.39 Å². The number of rotatable bonds is 4. The highest BCUT2D eigenvalue weighted by Crippen LogP contribution is 2.26. The van der Waals surface area contributed by atoms with Gasteiger partial charge < -0.3 is 9.47 Å². The summed E-state index contributed by atoms with van der Waals surface area (Å²) in [5.41, 5.74) is 0.0776. The number of methoxy groups -OCH3 is 1. The average molecular weight is 226 g/mol. The van der Waals surface area contributed by atoms with E-state index in [9.17, 15) is 9.18 Å². The minimum atomic E-state index is -0.861. The molecule has 0 aromatic heterocycles. The number of carbonyl (C=O) groups excluding carboxylic acids is 1. The molecule has 0 unspecified atom stereocenters. The molecule has 0 N–H and O–H groups in total. The van der Waals surface area contributed by atoms with E-state index in [1.54, 1.807) is 38.1 Å². The van der Waals surface area contributed by atoms with Crippen LogP contribution in [0.2, 0.25) is 0 Å². The molecule has 0 spiro atoms. The van der Waals surface area contributed by atoms with Gasteiger partial charge in [-0.1, -0.05) is 12.1 Å². The van der Waals surface area contributed by atoms with Gasteiger partial charge >= 0.3 is 5.97 Å². The van der Waals surface area contributed by atoms with E-state index in [0.717, 1.165) is 5.56 Å². The number of alkyl halides is 1. The van der Waals surface area contributed by atoms with E-state index < -0.39 is 12.3 Å². The maximum atomic E-state index is 11.9. The molecule has 0 amide bonds. The van der Waals surface area contributed by atoms with Crippen molar-refractivity contribution in [2.75, 3.05) is 14.0 Å². The van der Waals surface area contributed by atoms with Crippen molar-refractivity contribution in [3.63, 3.8) is 0 Å². The van der Waals surface area contributed by atoms with Gasteiger partial charge in [-0.25, -0.2) is 4.39 Å². The van der Waals surface area contributed by atoms with Crippen LogP contribution in [-0.2, 0) is 14.9 Å². The summed E-state index contributed by atoms with van der Waals surface area (Å²) in [6.45, 7) is 2.67. The summed E-state index contributed by atoms with van der Waals surface area (Å²) >= 11 is 0. The molecule has 0 aliphatic rings. The van der Waals surface area contributed by atoms with Crippen molar-refractivity contribution in [2.24, 2.45) is 0 Å². The number of hydrogen-bond donors (Lipinski definition) is 0. The Balaban J connectivity index is 2.92. The minimum absolute atomic E-state index is 0.313. The SMILES string of the molecule is COC(=O)C(C)(C)c1ccc(OCF)cc1. The first-order valence-electron chi connectivity index (χ1n) is 4.90. The highest BCUT2D eigenvalue weighted by atomic mass is 19.1. The van der Waals surface area contributed by atoms with Crippen LogP contribution in [0.3, 0.4) is 0 Å². The second kappa shape index (κ2) is 4.96. The van der Waals surface area contributed by atoms with Crippen LogP contribution in [0, 0.1) is 0 Å². The third-order valence-electron chi connectivity index (χ3n) is 2.49. The molecular weight excluding hydrogens is 211 g/mol. The van der Waals surface area contributed by atoms with Crippen molar-refractivity contribution in [2.45, 2.75) is 19.3 Å². The topological polar surface area (TPSA) is 35.5 Å². The summed E-state index contributed by atoms with van der Waals surface area (Å²) in [5.74, 6) is 0.124. The Morgan fingerprint density at radius 3 is 2.31 bits per heavy atom. The van der Waals surface area contributed by atoms with Gasteiger partial charge in [0.1, 0.15) is 5.75 Å². The number of hydrogen-bond acceptors (Lipinski definition) is 3. The molecule has 0 saturated heterocycles. The first-order chi connectivity index (χ1) is 7.52. The monoisotopic (exact) mass is 226 g/mol. The number of esters is 1. The molecule has 16 heavy (non-hydrogen) atoms. The Kier molecular flexibility index (Phi) is 3.88. The lowest BCUT2D eigenvalue weighted by atomic mass is 9.85. The number of benzene rings is 1. The quantitative estimate of drug-likeness (QED) is 0.740. The van der Waals surface area contributed by atoms with Gasteiger partial charge in [0.15, 0.2) is 0 Å². The van der Waals surface area contributed by atoms with E-state index in [2.05, 4.69) is 4.74 Å². The summed E-state index contributed by atoms with van der Waals surface area (Å²) in [5, 5.41) is 0. The van der Waals surface area contributed by atoms with Gasteiger partial charge in [-0.2, -0.15) is 0 Å². The third-order valence-corrected chi connectivity index (χ3v) is 2.49. The van der Waals surface area contributed by atoms with Gasteiger partial charge in [-0.05, 0) is 31.5 Å². The van der Waals surface area contributed by atoms with E-state index in [1.165, 1.54) is 7.11 Å². The van der Waals surface area contributed by atoms with Crippen molar-refractivity contribution < 1.29 is 18.7 Å². The smallest absolute Gasteiger partial charge is 0.315 e. The number of halogens is 1. The zero-order valence-corrected chi connectivity index (χ0v) is 9.62. The fourth-order valence-corrected chi connectivity index (χ4v) is 1.40. The van der Waals surface area contributed by atoms with E-state index >= 15 is 0 Å². The molecule has 88 valence electrons. The minimum Gasteiger partial charge on any atom is -0.468 e. The van der Waals surface area contributed by atoms with Crippen molar-refractivity contribution >= 4 is 5.97 Å². The molecule has 1 rings (SSSR count). The number of ether oxygens (including phenoxy) is 2. The predicted molar refractivity (Wildman–Crippen MR) is 58.1 cm³/mol. The molecule has 0 aliphatic heterocycles. The average Bonchev–Trinajstić information content (AvgIpc) is 2.29. The first-order valence-corrected chi connectivity index (χ1v) is 4.90. The Bertz CT molecular complexity index is 357. The Morgan fingerprint density at radius 1 is 1.31 bits per heavy atom. The second-order valence-corrected chi connectivity index (χ2v) is 3.89. The lowest BCUT2D eigenvalue weighted by Gasteiger charge is -2.22. The molecule has 0 atom stereocenters. The van der Waals surface area contributed by atoms with Crippen LogP contribution in [0.5, 0.6) is 5.75 Å². The molecule has 4 heteroatoms. The van der Waals surface area contributed by atoms with Crippen molar-refractivity contribution in [3.05, 3.63) is 29.8 Å². The van der Waals surface area contributed by atoms with Crippen LogP contribution in [0.1, 0.15) is 19.4 Å². The van der Waals surface area contributed by atoms with Gasteiger partial charge in [-0.3, -0.25) is 4.79 Å². The lowest BCUT2D eigenvalue weighted by Crippen LogP contribution is -2.30. The second-order valence-electron chi connectivity index (χ2n) is 3.89. The van der Waals surface area contributed by atoms with Crippen molar-refractivity contribution in [1.82, 2.24) is 0 Å². The number of carbonyl (C=O) groups is 1. The molecule has 1 aromatic rings. The highest BCUT2D eigenvalue weighted by molar-refractivity contribution is 5.82. The Labute approximate surface area is 94.2 Å². The summed E-state index contributed by atoms with van der Waals surface area (Å²) in [6, 6.07) is 6.70. The Morgan fingerprint density at radius 2 is 1.88 bits per heavy atom. The van der Waals surface area contributed by atoms with Crippen LogP contribution >= 0.6 is 0 Å². The summed E-state index contributed by atoms with van der Waals surface area (Å²) in [4.78, 5) is 11.5. The van der Waals surface area contributed by atoms with Crippen LogP contribution in [0.25, 0.3) is 0 Å². The molecule has 3 nitrogen and oxygen atoms in total. The molecule has 0 aliphatic carbocycles. The zero-order chi connectivity index (χ0) is 12.2. The van der Waals surface area contributed by atoms with Crippen LogP contribution < -0.4 is 4.74 Å². The van der Waals surface area contributed by atoms with E-state index in [-0.39, 0.29) is 5.97 Å².